The molecule has 5 heteroatoms. The number of hydrogen-bond donors (Lipinski definition) is 2. The number of aryl methyl sites for hydroxylation is 1. The fourth-order valence-electron chi connectivity index (χ4n) is 2.12. The number of rotatable bonds is 3. The summed E-state index contributed by atoms with van der Waals surface area (Å²) in [6, 6.07) is 1.62. The average Bonchev–Trinajstić information content (AvgIpc) is 3.00. The minimum absolute atomic E-state index is 0.0928. The number of carboxylic acid groups (broad SMARTS) is 1. The molecule has 92 valence electrons. The van der Waals surface area contributed by atoms with Gasteiger partial charge in [-0.3, -0.25) is 4.79 Å². The van der Waals surface area contributed by atoms with Gasteiger partial charge in [-0.15, -0.1) is 0 Å². The van der Waals surface area contributed by atoms with Gasteiger partial charge in [0.05, 0.1) is 10.9 Å². The molecule has 1 aliphatic carbocycles. The maximum atomic E-state index is 14.0. The molecule has 0 saturated heterocycles. The first-order chi connectivity index (χ1) is 7.87. The van der Waals surface area contributed by atoms with Crippen molar-refractivity contribution in [1.82, 2.24) is 0 Å². The fraction of sp³-hybridized carbons (Fsp3) is 0.417. The molecule has 0 bridgehead atoms. The van der Waals surface area contributed by atoms with Crippen LogP contribution in [0.3, 0.4) is 0 Å². The zero-order valence-electron chi connectivity index (χ0n) is 9.26. The number of hydrogen-bond acceptors (Lipinski definition) is 2. The van der Waals surface area contributed by atoms with Gasteiger partial charge in [-0.05, 0) is 46.8 Å². The van der Waals surface area contributed by atoms with Gasteiger partial charge in [-0.1, -0.05) is 6.07 Å². The van der Waals surface area contributed by atoms with E-state index in [2.05, 4.69) is 15.9 Å². The van der Waals surface area contributed by atoms with Crippen LogP contribution in [0.1, 0.15) is 30.4 Å². The van der Waals surface area contributed by atoms with E-state index in [0.29, 0.717) is 28.4 Å². The Bertz CT molecular complexity index is 495. The van der Waals surface area contributed by atoms with Crippen molar-refractivity contribution < 1.29 is 19.4 Å². The first-order valence-corrected chi connectivity index (χ1v) is 6.06. The Morgan fingerprint density at radius 3 is 2.65 bits per heavy atom. The van der Waals surface area contributed by atoms with Gasteiger partial charge in [0.25, 0.3) is 0 Å². The van der Waals surface area contributed by atoms with Crippen LogP contribution < -0.4 is 0 Å². The number of carbonyl (C=O) groups is 1. The monoisotopic (exact) mass is 302 g/mol. The van der Waals surface area contributed by atoms with Crippen molar-refractivity contribution in [2.75, 3.05) is 0 Å². The lowest BCUT2D eigenvalue weighted by Crippen LogP contribution is -2.15. The SMILES string of the molecule is Cc1cc(C2(CC(=O)O)CC2)c(F)c(O)c1Br. The summed E-state index contributed by atoms with van der Waals surface area (Å²) in [6.07, 6.45) is 1.21. The second-order valence-corrected chi connectivity index (χ2v) is 5.36. The Morgan fingerprint density at radius 2 is 2.18 bits per heavy atom. The summed E-state index contributed by atoms with van der Waals surface area (Å²) in [5.74, 6) is -2.08. The fourth-order valence-corrected chi connectivity index (χ4v) is 2.41. The van der Waals surface area contributed by atoms with Crippen molar-refractivity contribution in [1.29, 1.82) is 0 Å². The van der Waals surface area contributed by atoms with Gasteiger partial charge in [0.1, 0.15) is 0 Å². The van der Waals surface area contributed by atoms with Crippen LogP contribution in [0.4, 0.5) is 4.39 Å². The third kappa shape index (κ3) is 2.04. The normalized spacial score (nSPS) is 16.9. The predicted molar refractivity (Wildman–Crippen MR) is 63.7 cm³/mol. The van der Waals surface area contributed by atoms with Crippen LogP contribution in [-0.2, 0) is 10.2 Å². The van der Waals surface area contributed by atoms with E-state index in [0.717, 1.165) is 0 Å². The second kappa shape index (κ2) is 3.98. The summed E-state index contributed by atoms with van der Waals surface area (Å²) >= 11 is 3.10. The molecule has 0 spiro atoms. The first kappa shape index (κ1) is 12.4. The quantitative estimate of drug-likeness (QED) is 0.902. The number of aromatic hydroxyl groups is 1. The first-order valence-electron chi connectivity index (χ1n) is 5.27. The highest BCUT2D eigenvalue weighted by Crippen LogP contribution is 2.53. The van der Waals surface area contributed by atoms with Crippen LogP contribution in [0.5, 0.6) is 5.75 Å². The molecule has 0 amide bonds. The topological polar surface area (TPSA) is 57.5 Å². The van der Waals surface area contributed by atoms with Gasteiger partial charge in [-0.2, -0.15) is 0 Å². The van der Waals surface area contributed by atoms with Crippen molar-refractivity contribution in [2.45, 2.75) is 31.6 Å². The van der Waals surface area contributed by atoms with Gasteiger partial charge in [0.2, 0.25) is 0 Å². The molecule has 0 radical (unpaired) electrons. The minimum Gasteiger partial charge on any atom is -0.504 e. The molecule has 0 heterocycles. The molecule has 0 aliphatic heterocycles. The molecule has 2 N–H and O–H groups in total. The van der Waals surface area contributed by atoms with E-state index in [1.165, 1.54) is 0 Å². The summed E-state index contributed by atoms with van der Waals surface area (Å²) in [5, 5.41) is 18.5. The lowest BCUT2D eigenvalue weighted by atomic mass is 9.90. The predicted octanol–water partition coefficient (Wildman–Crippen LogP) is 3.11. The summed E-state index contributed by atoms with van der Waals surface area (Å²) in [4.78, 5) is 10.8. The lowest BCUT2D eigenvalue weighted by Gasteiger charge is -2.16. The summed E-state index contributed by atoms with van der Waals surface area (Å²) in [5.41, 5.74) is 0.396. The van der Waals surface area contributed by atoms with Gasteiger partial charge >= 0.3 is 5.97 Å². The number of halogens is 2. The molecular formula is C12H12BrFO3. The van der Waals surface area contributed by atoms with Gasteiger partial charge < -0.3 is 10.2 Å². The van der Waals surface area contributed by atoms with Gasteiger partial charge in [0, 0.05) is 5.41 Å². The Hall–Kier alpha value is -1.10. The van der Waals surface area contributed by atoms with E-state index in [-0.39, 0.29) is 6.42 Å². The number of carboxylic acids is 1. The lowest BCUT2D eigenvalue weighted by molar-refractivity contribution is -0.137. The van der Waals surface area contributed by atoms with E-state index in [4.69, 9.17) is 5.11 Å². The van der Waals surface area contributed by atoms with Crippen molar-refractivity contribution in [2.24, 2.45) is 0 Å². The summed E-state index contributed by atoms with van der Waals surface area (Å²) < 4.78 is 14.3. The van der Waals surface area contributed by atoms with Crippen molar-refractivity contribution in [3.05, 3.63) is 27.5 Å². The van der Waals surface area contributed by atoms with Crippen LogP contribution >= 0.6 is 15.9 Å². The molecule has 17 heavy (non-hydrogen) atoms. The molecule has 3 nitrogen and oxygen atoms in total. The van der Waals surface area contributed by atoms with E-state index >= 15 is 0 Å². The van der Waals surface area contributed by atoms with E-state index in [1.807, 2.05) is 0 Å². The van der Waals surface area contributed by atoms with Gasteiger partial charge in [0.15, 0.2) is 11.6 Å². The van der Waals surface area contributed by atoms with Crippen LogP contribution in [-0.4, -0.2) is 16.2 Å². The van der Waals surface area contributed by atoms with Crippen molar-refractivity contribution in [3.63, 3.8) is 0 Å². The Kier molecular flexibility index (Phi) is 2.89. The second-order valence-electron chi connectivity index (χ2n) is 4.57. The maximum absolute atomic E-state index is 14.0. The third-order valence-corrected chi connectivity index (χ3v) is 4.27. The minimum atomic E-state index is -0.943. The molecule has 2 rings (SSSR count). The smallest absolute Gasteiger partial charge is 0.304 e. The maximum Gasteiger partial charge on any atom is 0.304 e. The summed E-state index contributed by atoms with van der Waals surface area (Å²) in [6.45, 7) is 1.74. The molecule has 1 aromatic rings. The largest absolute Gasteiger partial charge is 0.504 e. The highest BCUT2D eigenvalue weighted by atomic mass is 79.9. The number of phenolic OH excluding ortho intramolecular Hbond substituents is 1. The molecule has 0 aromatic heterocycles. The van der Waals surface area contributed by atoms with E-state index in [9.17, 15) is 14.3 Å². The standard InChI is InChI=1S/C12H12BrFO3/c1-6-4-7(10(14)11(17)9(6)13)12(2-3-12)5-8(15)16/h4,17H,2-3,5H2,1H3,(H,15,16). The highest BCUT2D eigenvalue weighted by Gasteiger charge is 2.48. The van der Waals surface area contributed by atoms with E-state index in [1.54, 1.807) is 13.0 Å². The third-order valence-electron chi connectivity index (χ3n) is 3.27. The Morgan fingerprint density at radius 1 is 1.59 bits per heavy atom. The van der Waals surface area contributed by atoms with Gasteiger partial charge in [-0.25, -0.2) is 4.39 Å². The number of benzene rings is 1. The Balaban J connectivity index is 2.50. The van der Waals surface area contributed by atoms with Crippen LogP contribution in [0.15, 0.2) is 10.5 Å². The Labute approximate surface area is 106 Å². The zero-order valence-corrected chi connectivity index (χ0v) is 10.8. The molecule has 1 saturated carbocycles. The van der Waals surface area contributed by atoms with Crippen LogP contribution in [0, 0.1) is 12.7 Å². The molecule has 1 aliphatic rings. The number of phenols is 1. The number of aliphatic carboxylic acids is 1. The van der Waals surface area contributed by atoms with Crippen LogP contribution in [0.25, 0.3) is 0 Å². The molecule has 0 unspecified atom stereocenters. The average molecular weight is 303 g/mol. The summed E-state index contributed by atoms with van der Waals surface area (Å²) in [7, 11) is 0. The molecule has 1 fully saturated rings. The van der Waals surface area contributed by atoms with Crippen LogP contribution in [0.2, 0.25) is 0 Å². The van der Waals surface area contributed by atoms with E-state index < -0.39 is 23.0 Å². The molecular weight excluding hydrogens is 291 g/mol. The van der Waals surface area contributed by atoms with Crippen molar-refractivity contribution in [3.8, 4) is 5.75 Å². The zero-order chi connectivity index (χ0) is 12.8. The molecule has 1 aromatic carbocycles. The molecule has 0 atom stereocenters. The highest BCUT2D eigenvalue weighted by molar-refractivity contribution is 9.10. The van der Waals surface area contributed by atoms with Crippen molar-refractivity contribution >= 4 is 21.9 Å².